The zero-order chi connectivity index (χ0) is 23.0. The molecule has 0 fully saturated rings. The standard InChI is InChI=1S/C27H31N3OS2/c1-20(2)12-6-3-4-11-17-30-26(31)23-15-9-10-16-24(23)29-27(30)32-19-22-18-28-25(33-22)21-13-7-5-8-14-21/h5,7-10,13-16,18,20H,3-4,6,11-12,17,19H2,1-2H3. The Bertz CT molecular complexity index is 1230. The monoisotopic (exact) mass is 477 g/mol. The van der Waals surface area contributed by atoms with E-state index in [0.717, 1.165) is 52.3 Å². The molecule has 0 saturated carbocycles. The van der Waals surface area contributed by atoms with Crippen molar-refractivity contribution in [2.45, 2.75) is 63.4 Å². The fourth-order valence-electron chi connectivity index (χ4n) is 3.86. The van der Waals surface area contributed by atoms with Crippen molar-refractivity contribution in [1.82, 2.24) is 14.5 Å². The van der Waals surface area contributed by atoms with Gasteiger partial charge in [-0.2, -0.15) is 0 Å². The van der Waals surface area contributed by atoms with Crippen LogP contribution in [0.2, 0.25) is 0 Å². The SMILES string of the molecule is CC(C)CCCCCCn1c(SCc2cnc(-c3ccccc3)s2)nc2ccccc2c1=O. The molecule has 0 N–H and O–H groups in total. The first kappa shape index (κ1) is 23.7. The van der Waals surface area contributed by atoms with Crippen LogP contribution < -0.4 is 5.56 Å². The molecule has 0 spiro atoms. The molecule has 0 atom stereocenters. The number of hydrogen-bond donors (Lipinski definition) is 0. The first-order valence-electron chi connectivity index (χ1n) is 11.7. The zero-order valence-electron chi connectivity index (χ0n) is 19.4. The smallest absolute Gasteiger partial charge is 0.262 e. The van der Waals surface area contributed by atoms with Gasteiger partial charge in [-0.05, 0) is 24.5 Å². The number of rotatable bonds is 11. The van der Waals surface area contributed by atoms with E-state index >= 15 is 0 Å². The van der Waals surface area contributed by atoms with Gasteiger partial charge in [0.1, 0.15) is 5.01 Å². The molecular weight excluding hydrogens is 446 g/mol. The lowest BCUT2D eigenvalue weighted by molar-refractivity contribution is 0.491. The van der Waals surface area contributed by atoms with Crippen LogP contribution in [0.3, 0.4) is 0 Å². The van der Waals surface area contributed by atoms with E-state index in [-0.39, 0.29) is 5.56 Å². The molecule has 2 heterocycles. The maximum atomic E-state index is 13.3. The molecule has 0 radical (unpaired) electrons. The lowest BCUT2D eigenvalue weighted by Gasteiger charge is -2.13. The Morgan fingerprint density at radius 3 is 2.55 bits per heavy atom. The van der Waals surface area contributed by atoms with Crippen LogP contribution >= 0.6 is 23.1 Å². The lowest BCUT2D eigenvalue weighted by Crippen LogP contribution is -2.23. The van der Waals surface area contributed by atoms with Crippen LogP contribution in [0, 0.1) is 5.92 Å². The molecule has 4 aromatic rings. The second kappa shape index (κ2) is 11.6. The topological polar surface area (TPSA) is 47.8 Å². The van der Waals surface area contributed by atoms with Crippen LogP contribution in [0.25, 0.3) is 21.5 Å². The molecule has 0 bridgehead atoms. The van der Waals surface area contributed by atoms with Crippen LogP contribution in [0.15, 0.2) is 70.7 Å². The van der Waals surface area contributed by atoms with Crippen LogP contribution in [-0.2, 0) is 12.3 Å². The van der Waals surface area contributed by atoms with Gasteiger partial charge in [-0.1, -0.05) is 93.8 Å². The van der Waals surface area contributed by atoms with Crippen molar-refractivity contribution in [2.75, 3.05) is 0 Å². The third-order valence-corrected chi connectivity index (χ3v) is 7.91. The van der Waals surface area contributed by atoms with E-state index in [2.05, 4.69) is 31.0 Å². The molecule has 172 valence electrons. The first-order chi connectivity index (χ1) is 16.1. The summed E-state index contributed by atoms with van der Waals surface area (Å²) in [5.41, 5.74) is 1.98. The molecule has 4 rings (SSSR count). The maximum Gasteiger partial charge on any atom is 0.262 e. The zero-order valence-corrected chi connectivity index (χ0v) is 21.0. The van der Waals surface area contributed by atoms with Gasteiger partial charge in [-0.3, -0.25) is 9.36 Å². The molecule has 2 aromatic heterocycles. The third-order valence-electron chi connectivity index (χ3n) is 5.66. The molecule has 0 aliphatic carbocycles. The highest BCUT2D eigenvalue weighted by Crippen LogP contribution is 2.30. The van der Waals surface area contributed by atoms with Crippen molar-refractivity contribution < 1.29 is 0 Å². The van der Waals surface area contributed by atoms with E-state index in [9.17, 15) is 4.79 Å². The van der Waals surface area contributed by atoms with Gasteiger partial charge < -0.3 is 0 Å². The molecule has 0 unspecified atom stereocenters. The molecule has 6 heteroatoms. The highest BCUT2D eigenvalue weighted by molar-refractivity contribution is 7.98. The van der Waals surface area contributed by atoms with Gasteiger partial charge in [0.05, 0.1) is 10.9 Å². The number of nitrogens with zero attached hydrogens (tertiary/aromatic N) is 3. The molecule has 0 aliphatic rings. The van der Waals surface area contributed by atoms with Gasteiger partial charge in [0.25, 0.3) is 5.56 Å². The Kier molecular flexibility index (Phi) is 8.35. The number of thioether (sulfide) groups is 1. The summed E-state index contributed by atoms with van der Waals surface area (Å²) < 4.78 is 1.88. The summed E-state index contributed by atoms with van der Waals surface area (Å²) in [5.74, 6) is 1.51. The molecule has 2 aromatic carbocycles. The Morgan fingerprint density at radius 1 is 0.970 bits per heavy atom. The summed E-state index contributed by atoms with van der Waals surface area (Å²) in [4.78, 5) is 23.9. The van der Waals surface area contributed by atoms with Crippen LogP contribution in [0.1, 0.15) is 50.8 Å². The summed E-state index contributed by atoms with van der Waals surface area (Å²) in [6.07, 6.45) is 7.85. The average Bonchev–Trinajstić information content (AvgIpc) is 3.31. The molecule has 0 amide bonds. The van der Waals surface area contributed by atoms with Gasteiger partial charge >= 0.3 is 0 Å². The van der Waals surface area contributed by atoms with Crippen molar-refractivity contribution in [3.8, 4) is 10.6 Å². The minimum Gasteiger partial charge on any atom is -0.287 e. The second-order valence-electron chi connectivity index (χ2n) is 8.75. The van der Waals surface area contributed by atoms with Gasteiger partial charge in [0.2, 0.25) is 0 Å². The van der Waals surface area contributed by atoms with E-state index in [0.29, 0.717) is 5.39 Å². The van der Waals surface area contributed by atoms with Crippen molar-refractivity contribution in [3.05, 3.63) is 76.0 Å². The van der Waals surface area contributed by atoms with Gasteiger partial charge in [-0.15, -0.1) is 11.3 Å². The third kappa shape index (κ3) is 6.33. The fraction of sp³-hybridized carbons (Fsp3) is 0.370. The van der Waals surface area contributed by atoms with Gasteiger partial charge in [-0.25, -0.2) is 9.97 Å². The van der Waals surface area contributed by atoms with Crippen LogP contribution in [-0.4, -0.2) is 14.5 Å². The number of thiazole rings is 1. The summed E-state index contributed by atoms with van der Waals surface area (Å²) in [6, 6.07) is 17.9. The average molecular weight is 478 g/mol. The van der Waals surface area contributed by atoms with Gasteiger partial charge in [0, 0.05) is 28.9 Å². The first-order valence-corrected chi connectivity index (χ1v) is 13.5. The Morgan fingerprint density at radius 2 is 1.73 bits per heavy atom. The number of hydrogen-bond acceptors (Lipinski definition) is 5. The summed E-state index contributed by atoms with van der Waals surface area (Å²) in [7, 11) is 0. The van der Waals surface area contributed by atoms with Gasteiger partial charge in [0.15, 0.2) is 5.16 Å². The van der Waals surface area contributed by atoms with Crippen molar-refractivity contribution in [1.29, 1.82) is 0 Å². The van der Waals surface area contributed by atoms with Crippen molar-refractivity contribution in [3.63, 3.8) is 0 Å². The summed E-state index contributed by atoms with van der Waals surface area (Å²) in [5, 5.41) is 2.53. The second-order valence-corrected chi connectivity index (χ2v) is 10.8. The van der Waals surface area contributed by atoms with Crippen LogP contribution in [0.5, 0.6) is 0 Å². The quantitative estimate of drug-likeness (QED) is 0.128. The van der Waals surface area contributed by atoms with Crippen molar-refractivity contribution in [2.24, 2.45) is 5.92 Å². The summed E-state index contributed by atoms with van der Waals surface area (Å²) >= 11 is 3.33. The number of fused-ring (bicyclic) bond motifs is 1. The van der Waals surface area contributed by atoms with E-state index in [1.54, 1.807) is 23.1 Å². The molecule has 4 nitrogen and oxygen atoms in total. The molecule has 0 saturated heterocycles. The van der Waals surface area contributed by atoms with Crippen LogP contribution in [0.4, 0.5) is 0 Å². The van der Waals surface area contributed by atoms with E-state index in [4.69, 9.17) is 4.98 Å². The fourth-order valence-corrected chi connectivity index (χ4v) is 5.82. The van der Waals surface area contributed by atoms with E-state index < -0.39 is 0 Å². The summed E-state index contributed by atoms with van der Waals surface area (Å²) in [6.45, 7) is 5.27. The molecule has 0 aliphatic heterocycles. The predicted octanol–water partition coefficient (Wildman–Crippen LogP) is 7.42. The molecular formula is C27H31N3OS2. The van der Waals surface area contributed by atoms with Crippen molar-refractivity contribution >= 4 is 34.0 Å². The Balaban J connectivity index is 1.48. The van der Waals surface area contributed by atoms with E-state index in [1.807, 2.05) is 53.2 Å². The number of aromatic nitrogens is 3. The number of benzene rings is 2. The molecule has 33 heavy (non-hydrogen) atoms. The minimum atomic E-state index is 0.0690. The highest BCUT2D eigenvalue weighted by atomic mass is 32.2. The number of unbranched alkanes of at least 4 members (excludes halogenated alkanes) is 3. The Hall–Kier alpha value is -2.44. The normalized spacial score (nSPS) is 11.5. The van der Waals surface area contributed by atoms with E-state index in [1.165, 1.54) is 24.1 Å². The number of para-hydroxylation sites is 1. The lowest BCUT2D eigenvalue weighted by atomic mass is 10.0. The maximum absolute atomic E-state index is 13.3. The minimum absolute atomic E-state index is 0.0690. The Labute approximate surface area is 204 Å². The largest absolute Gasteiger partial charge is 0.287 e. The highest BCUT2D eigenvalue weighted by Gasteiger charge is 2.13. The predicted molar refractivity (Wildman–Crippen MR) is 141 cm³/mol.